The van der Waals surface area contributed by atoms with Gasteiger partial charge in [-0.1, -0.05) is 12.8 Å². The number of likely N-dealkylation sites (tertiary alicyclic amines) is 1. The highest BCUT2D eigenvalue weighted by molar-refractivity contribution is 5.09. The van der Waals surface area contributed by atoms with E-state index in [0.29, 0.717) is 5.54 Å². The molecular formula is C18H33N3. The fourth-order valence-corrected chi connectivity index (χ4v) is 6.27. The molecule has 3 nitrogen and oxygen atoms in total. The quantitative estimate of drug-likeness (QED) is 0.849. The Morgan fingerprint density at radius 1 is 0.952 bits per heavy atom. The van der Waals surface area contributed by atoms with Gasteiger partial charge < -0.3 is 10.6 Å². The second kappa shape index (κ2) is 5.50. The van der Waals surface area contributed by atoms with Crippen molar-refractivity contribution in [3.8, 4) is 0 Å². The lowest BCUT2D eigenvalue weighted by molar-refractivity contribution is -0.0672. The zero-order valence-corrected chi connectivity index (χ0v) is 13.8. The van der Waals surface area contributed by atoms with Crippen molar-refractivity contribution in [1.29, 1.82) is 0 Å². The normalized spacial score (nSPS) is 48.3. The van der Waals surface area contributed by atoms with E-state index in [9.17, 15) is 0 Å². The van der Waals surface area contributed by atoms with Gasteiger partial charge >= 0.3 is 0 Å². The standard InChI is InChI=1S/C18H33N3/c1-20-15-8-9-16(20)12-18(11-15,13-19)21-10-4-6-14-5-2-3-7-17(14)21/h14-17H,2-13,19H2,1H3/t14-,15?,16?,17-,18?/m1/s1. The summed E-state index contributed by atoms with van der Waals surface area (Å²) in [5.41, 5.74) is 6.76. The number of nitrogens with two attached hydrogens (primary N) is 1. The maximum Gasteiger partial charge on any atom is 0.0364 e. The Kier molecular flexibility index (Phi) is 3.79. The van der Waals surface area contributed by atoms with Crippen LogP contribution in [0.2, 0.25) is 0 Å². The number of nitrogens with zero attached hydrogens (tertiary/aromatic N) is 2. The number of rotatable bonds is 2. The van der Waals surface area contributed by atoms with Gasteiger partial charge in [0.2, 0.25) is 0 Å². The van der Waals surface area contributed by atoms with Crippen LogP contribution in [-0.4, -0.2) is 53.6 Å². The molecule has 120 valence electrons. The van der Waals surface area contributed by atoms with Crippen molar-refractivity contribution in [3.05, 3.63) is 0 Å². The molecule has 4 aliphatic rings. The molecule has 3 heteroatoms. The summed E-state index contributed by atoms with van der Waals surface area (Å²) in [6, 6.07) is 2.46. The van der Waals surface area contributed by atoms with E-state index < -0.39 is 0 Å². The first-order valence-corrected chi connectivity index (χ1v) is 9.42. The van der Waals surface area contributed by atoms with Crippen LogP contribution >= 0.6 is 0 Å². The smallest absolute Gasteiger partial charge is 0.0364 e. The van der Waals surface area contributed by atoms with Crippen LogP contribution in [0.25, 0.3) is 0 Å². The highest BCUT2D eigenvalue weighted by Crippen LogP contribution is 2.47. The molecule has 0 spiro atoms. The molecule has 21 heavy (non-hydrogen) atoms. The highest BCUT2D eigenvalue weighted by atomic mass is 15.3. The minimum Gasteiger partial charge on any atom is -0.329 e. The van der Waals surface area contributed by atoms with Crippen LogP contribution in [0.15, 0.2) is 0 Å². The Labute approximate surface area is 130 Å². The van der Waals surface area contributed by atoms with Gasteiger partial charge in [0.15, 0.2) is 0 Å². The SMILES string of the molecule is CN1C2CCC1CC(CN)(N1CCC[C@H]3CCCC[C@H]31)C2. The van der Waals surface area contributed by atoms with E-state index in [1.807, 2.05) is 0 Å². The van der Waals surface area contributed by atoms with Gasteiger partial charge in [-0.15, -0.1) is 0 Å². The van der Waals surface area contributed by atoms with Gasteiger partial charge in [-0.3, -0.25) is 4.90 Å². The molecule has 1 aliphatic carbocycles. The molecule has 0 radical (unpaired) electrons. The average Bonchev–Trinajstić information content (AvgIpc) is 2.76. The summed E-state index contributed by atoms with van der Waals surface area (Å²) in [6.07, 6.45) is 14.2. The largest absolute Gasteiger partial charge is 0.329 e. The summed E-state index contributed by atoms with van der Waals surface area (Å²) in [5, 5.41) is 0. The van der Waals surface area contributed by atoms with Crippen molar-refractivity contribution < 1.29 is 0 Å². The molecule has 0 aromatic rings. The van der Waals surface area contributed by atoms with E-state index in [1.54, 1.807) is 0 Å². The van der Waals surface area contributed by atoms with Crippen molar-refractivity contribution in [2.45, 2.75) is 87.9 Å². The third-order valence-corrected chi connectivity index (χ3v) is 7.45. The summed E-state index contributed by atoms with van der Waals surface area (Å²) in [4.78, 5) is 5.61. The molecule has 4 fully saturated rings. The van der Waals surface area contributed by atoms with E-state index in [1.165, 1.54) is 70.8 Å². The lowest BCUT2D eigenvalue weighted by Gasteiger charge is -2.57. The monoisotopic (exact) mass is 291 g/mol. The number of piperidine rings is 2. The summed E-state index contributed by atoms with van der Waals surface area (Å²) in [7, 11) is 2.35. The number of fused-ring (bicyclic) bond motifs is 3. The summed E-state index contributed by atoms with van der Waals surface area (Å²) in [5.74, 6) is 0.980. The van der Waals surface area contributed by atoms with Gasteiger partial charge in [0, 0.05) is 30.2 Å². The molecule has 4 atom stereocenters. The first-order chi connectivity index (χ1) is 10.2. The average molecular weight is 291 g/mol. The van der Waals surface area contributed by atoms with E-state index in [-0.39, 0.29) is 0 Å². The molecular weight excluding hydrogens is 258 g/mol. The van der Waals surface area contributed by atoms with E-state index in [2.05, 4.69) is 16.8 Å². The van der Waals surface area contributed by atoms with Crippen LogP contribution in [0.3, 0.4) is 0 Å². The van der Waals surface area contributed by atoms with Crippen molar-refractivity contribution in [2.24, 2.45) is 11.7 Å². The summed E-state index contributed by atoms with van der Waals surface area (Å²) in [6.45, 7) is 2.21. The first-order valence-electron chi connectivity index (χ1n) is 9.42. The highest BCUT2D eigenvalue weighted by Gasteiger charge is 2.52. The molecule has 2 bridgehead atoms. The zero-order valence-electron chi connectivity index (χ0n) is 13.8. The Balaban J connectivity index is 1.60. The molecule has 0 aromatic carbocycles. The predicted octanol–water partition coefficient (Wildman–Crippen LogP) is 2.60. The van der Waals surface area contributed by atoms with Crippen molar-refractivity contribution in [2.75, 3.05) is 20.1 Å². The second-order valence-corrected chi connectivity index (χ2v) is 8.33. The number of hydrogen-bond donors (Lipinski definition) is 1. The predicted molar refractivity (Wildman–Crippen MR) is 87.3 cm³/mol. The Morgan fingerprint density at radius 2 is 1.62 bits per heavy atom. The van der Waals surface area contributed by atoms with Crippen LogP contribution in [0.4, 0.5) is 0 Å². The minimum atomic E-state index is 0.332. The number of hydrogen-bond acceptors (Lipinski definition) is 3. The molecule has 2 N–H and O–H groups in total. The van der Waals surface area contributed by atoms with Crippen LogP contribution in [0.1, 0.15) is 64.2 Å². The molecule has 0 aromatic heterocycles. The molecule has 3 saturated heterocycles. The fraction of sp³-hybridized carbons (Fsp3) is 1.00. The van der Waals surface area contributed by atoms with E-state index in [4.69, 9.17) is 5.73 Å². The summed E-state index contributed by atoms with van der Waals surface area (Å²) < 4.78 is 0. The van der Waals surface area contributed by atoms with Gasteiger partial charge in [0.05, 0.1) is 0 Å². The minimum absolute atomic E-state index is 0.332. The zero-order chi connectivity index (χ0) is 14.4. The van der Waals surface area contributed by atoms with Gasteiger partial charge in [0.1, 0.15) is 0 Å². The molecule has 3 heterocycles. The molecule has 4 rings (SSSR count). The Morgan fingerprint density at radius 3 is 2.33 bits per heavy atom. The van der Waals surface area contributed by atoms with Gasteiger partial charge in [-0.2, -0.15) is 0 Å². The Hall–Kier alpha value is -0.120. The lowest BCUT2D eigenvalue weighted by Crippen LogP contribution is -2.66. The third-order valence-electron chi connectivity index (χ3n) is 7.45. The first kappa shape index (κ1) is 14.5. The van der Waals surface area contributed by atoms with Crippen LogP contribution in [0.5, 0.6) is 0 Å². The third kappa shape index (κ3) is 2.27. The fourth-order valence-electron chi connectivity index (χ4n) is 6.27. The molecule has 0 amide bonds. The summed E-state index contributed by atoms with van der Waals surface area (Å²) >= 11 is 0. The van der Waals surface area contributed by atoms with Crippen molar-refractivity contribution in [3.63, 3.8) is 0 Å². The molecule has 2 unspecified atom stereocenters. The van der Waals surface area contributed by atoms with E-state index in [0.717, 1.165) is 30.6 Å². The molecule has 3 aliphatic heterocycles. The van der Waals surface area contributed by atoms with E-state index >= 15 is 0 Å². The van der Waals surface area contributed by atoms with Crippen molar-refractivity contribution in [1.82, 2.24) is 9.80 Å². The van der Waals surface area contributed by atoms with Crippen LogP contribution in [-0.2, 0) is 0 Å². The maximum atomic E-state index is 6.43. The van der Waals surface area contributed by atoms with Gasteiger partial charge in [0.25, 0.3) is 0 Å². The topological polar surface area (TPSA) is 32.5 Å². The van der Waals surface area contributed by atoms with Gasteiger partial charge in [-0.25, -0.2) is 0 Å². The maximum absolute atomic E-state index is 6.43. The second-order valence-electron chi connectivity index (χ2n) is 8.33. The van der Waals surface area contributed by atoms with Crippen LogP contribution in [0, 0.1) is 5.92 Å². The van der Waals surface area contributed by atoms with Crippen LogP contribution < -0.4 is 5.73 Å². The lowest BCUT2D eigenvalue weighted by atomic mass is 9.73. The van der Waals surface area contributed by atoms with Crippen molar-refractivity contribution >= 4 is 0 Å². The Bertz CT molecular complexity index is 367. The molecule has 1 saturated carbocycles. The van der Waals surface area contributed by atoms with Gasteiger partial charge in [-0.05, 0) is 70.9 Å².